The number of thioether (sulfide) groups is 1. The first-order chi connectivity index (χ1) is 16.4. The van der Waals surface area contributed by atoms with Crippen LogP contribution in [0.2, 0.25) is 0 Å². The number of hydrogen-bond acceptors (Lipinski definition) is 7. The van der Waals surface area contributed by atoms with Gasteiger partial charge in [0.2, 0.25) is 0 Å². The number of carbonyl (C=O) groups is 1. The first-order valence-corrected chi connectivity index (χ1v) is 12.0. The quantitative estimate of drug-likeness (QED) is 0.405. The van der Waals surface area contributed by atoms with Crippen LogP contribution < -0.4 is 10.5 Å². The lowest BCUT2D eigenvalue weighted by Gasteiger charge is -2.29. The molecule has 5 rings (SSSR count). The van der Waals surface area contributed by atoms with E-state index in [2.05, 4.69) is 0 Å². The van der Waals surface area contributed by atoms with Crippen molar-refractivity contribution in [2.45, 2.75) is 13.5 Å². The number of fused-ring (bicyclic) bond motifs is 1. The van der Waals surface area contributed by atoms with Crippen LogP contribution in [-0.2, 0) is 16.1 Å². The number of halogens is 1. The monoisotopic (exact) mass is 496 g/mol. The zero-order chi connectivity index (χ0) is 23.8. The summed E-state index contributed by atoms with van der Waals surface area (Å²) < 4.78 is 20.6. The Morgan fingerprint density at radius 2 is 1.88 bits per heavy atom. The van der Waals surface area contributed by atoms with E-state index < -0.39 is 0 Å². The van der Waals surface area contributed by atoms with E-state index >= 15 is 0 Å². The van der Waals surface area contributed by atoms with Crippen molar-refractivity contribution in [2.24, 2.45) is 0 Å². The zero-order valence-electron chi connectivity index (χ0n) is 18.4. The summed E-state index contributed by atoms with van der Waals surface area (Å²) in [7, 11) is 0. The number of amides is 1. The number of anilines is 1. The van der Waals surface area contributed by atoms with Gasteiger partial charge < -0.3 is 9.64 Å². The Morgan fingerprint density at radius 3 is 2.62 bits per heavy atom. The highest BCUT2D eigenvalue weighted by molar-refractivity contribution is 8.26. The molecule has 4 heterocycles. The van der Waals surface area contributed by atoms with E-state index in [1.54, 1.807) is 24.4 Å². The lowest BCUT2D eigenvalue weighted by atomic mass is 10.2. The number of morpholine rings is 1. The van der Waals surface area contributed by atoms with Crippen LogP contribution in [0.1, 0.15) is 16.7 Å². The van der Waals surface area contributed by atoms with Crippen LogP contribution >= 0.6 is 24.0 Å². The molecule has 0 atom stereocenters. The number of benzene rings is 1. The van der Waals surface area contributed by atoms with Crippen LogP contribution in [0.4, 0.5) is 10.2 Å². The summed E-state index contributed by atoms with van der Waals surface area (Å²) in [6.07, 6.45) is 3.34. The maximum absolute atomic E-state index is 13.5. The number of aryl methyl sites for hydroxylation is 1. The molecule has 1 amide bonds. The maximum atomic E-state index is 13.5. The molecule has 0 spiro atoms. The lowest BCUT2D eigenvalue weighted by molar-refractivity contribution is -0.122. The topological polar surface area (TPSA) is 67.2 Å². The smallest absolute Gasteiger partial charge is 0.267 e. The number of aromatic nitrogens is 2. The van der Waals surface area contributed by atoms with Gasteiger partial charge in [0.25, 0.3) is 11.5 Å². The van der Waals surface area contributed by atoms with Crippen molar-refractivity contribution >= 4 is 51.7 Å². The summed E-state index contributed by atoms with van der Waals surface area (Å²) in [5, 5.41) is 0. The molecule has 2 saturated heterocycles. The van der Waals surface area contributed by atoms with Crippen LogP contribution in [-0.4, -0.2) is 50.8 Å². The average Bonchev–Trinajstić information content (AvgIpc) is 3.10. The van der Waals surface area contributed by atoms with Crippen molar-refractivity contribution in [3.63, 3.8) is 0 Å². The molecule has 0 N–H and O–H groups in total. The van der Waals surface area contributed by atoms with Crippen molar-refractivity contribution in [2.75, 3.05) is 31.2 Å². The Morgan fingerprint density at radius 1 is 1.15 bits per heavy atom. The number of nitrogens with zero attached hydrogens (tertiary/aromatic N) is 4. The molecule has 34 heavy (non-hydrogen) atoms. The first kappa shape index (κ1) is 22.7. The number of hydrogen-bond donors (Lipinski definition) is 0. The molecule has 2 aromatic heterocycles. The average molecular weight is 497 g/mol. The van der Waals surface area contributed by atoms with Crippen LogP contribution in [0.25, 0.3) is 11.7 Å². The molecule has 2 aliphatic heterocycles. The number of thiocarbonyl (C=S) groups is 1. The third-order valence-corrected chi connectivity index (χ3v) is 7.08. The predicted octanol–water partition coefficient (Wildman–Crippen LogP) is 3.38. The van der Waals surface area contributed by atoms with Gasteiger partial charge in [-0.25, -0.2) is 9.37 Å². The number of carbonyl (C=O) groups excluding carboxylic acids is 1. The van der Waals surface area contributed by atoms with Gasteiger partial charge in [0.05, 0.1) is 30.2 Å². The second-order valence-electron chi connectivity index (χ2n) is 8.08. The van der Waals surface area contributed by atoms with Crippen molar-refractivity contribution in [3.8, 4) is 0 Å². The molecule has 7 nitrogen and oxygen atoms in total. The number of ether oxygens (including phenoxy) is 1. The fourth-order valence-electron chi connectivity index (χ4n) is 3.93. The van der Waals surface area contributed by atoms with Crippen molar-refractivity contribution in [1.29, 1.82) is 0 Å². The third kappa shape index (κ3) is 4.36. The minimum atomic E-state index is -0.343. The van der Waals surface area contributed by atoms with Gasteiger partial charge in [-0.05, 0) is 42.3 Å². The van der Waals surface area contributed by atoms with E-state index in [0.717, 1.165) is 22.9 Å². The van der Waals surface area contributed by atoms with Gasteiger partial charge in [0.15, 0.2) is 0 Å². The standard InChI is InChI=1S/C24H21FN4O3S2/c1-15-2-7-20-26-21(27-8-10-32-11-9-27)18(22(30)28(20)13-15)12-19-23(31)29(24(33)34-19)14-16-3-5-17(25)6-4-16/h2-7,12-13H,8-11,14H2,1H3. The summed E-state index contributed by atoms with van der Waals surface area (Å²) in [5.74, 6) is -0.105. The van der Waals surface area contributed by atoms with Gasteiger partial charge in [0.1, 0.15) is 21.6 Å². The van der Waals surface area contributed by atoms with Gasteiger partial charge in [-0.1, -0.05) is 42.2 Å². The largest absolute Gasteiger partial charge is 0.378 e. The molecule has 0 saturated carbocycles. The summed E-state index contributed by atoms with van der Waals surface area (Å²) in [6.45, 7) is 4.40. The third-order valence-electron chi connectivity index (χ3n) is 5.70. The SMILES string of the molecule is Cc1ccc2nc(N3CCOCC3)c(C=C3SC(=S)N(Cc4ccc(F)cc4)C3=O)c(=O)n2c1. The Labute approximate surface area is 204 Å². The van der Waals surface area contributed by atoms with Crippen molar-refractivity contribution < 1.29 is 13.9 Å². The molecular weight excluding hydrogens is 475 g/mol. The highest BCUT2D eigenvalue weighted by Crippen LogP contribution is 2.34. The summed E-state index contributed by atoms with van der Waals surface area (Å²) in [6, 6.07) is 9.66. The van der Waals surface area contributed by atoms with Gasteiger partial charge in [-0.2, -0.15) is 0 Å². The normalized spacial score (nSPS) is 17.9. The molecule has 2 aliphatic rings. The molecule has 0 unspecified atom stereocenters. The van der Waals surface area contributed by atoms with Crippen LogP contribution in [0.3, 0.4) is 0 Å². The fourth-order valence-corrected chi connectivity index (χ4v) is 5.17. The van der Waals surface area contributed by atoms with Gasteiger partial charge in [-0.15, -0.1) is 0 Å². The van der Waals surface area contributed by atoms with Gasteiger partial charge >= 0.3 is 0 Å². The van der Waals surface area contributed by atoms with E-state index in [-0.39, 0.29) is 23.8 Å². The van der Waals surface area contributed by atoms with E-state index in [1.165, 1.54) is 21.4 Å². The second kappa shape index (κ2) is 9.28. The van der Waals surface area contributed by atoms with Crippen molar-refractivity contribution in [3.05, 3.63) is 80.4 Å². The van der Waals surface area contributed by atoms with E-state index in [9.17, 15) is 14.0 Å². The Hall–Kier alpha value is -3.08. The fraction of sp³-hybridized carbons (Fsp3) is 0.250. The van der Waals surface area contributed by atoms with E-state index in [1.807, 2.05) is 24.0 Å². The van der Waals surface area contributed by atoms with Gasteiger partial charge in [-0.3, -0.25) is 18.9 Å². The molecule has 0 radical (unpaired) electrons. The van der Waals surface area contributed by atoms with E-state index in [0.29, 0.717) is 52.6 Å². The second-order valence-corrected chi connectivity index (χ2v) is 9.76. The minimum Gasteiger partial charge on any atom is -0.378 e. The minimum absolute atomic E-state index is 0.229. The number of pyridine rings is 1. The summed E-state index contributed by atoms with van der Waals surface area (Å²) in [4.78, 5) is 35.4. The summed E-state index contributed by atoms with van der Waals surface area (Å²) in [5.41, 5.74) is 2.31. The molecule has 0 aliphatic carbocycles. The van der Waals surface area contributed by atoms with Crippen LogP contribution in [0.5, 0.6) is 0 Å². The molecular formula is C24H21FN4O3S2. The highest BCUT2D eigenvalue weighted by atomic mass is 32.2. The summed E-state index contributed by atoms with van der Waals surface area (Å²) >= 11 is 6.60. The number of rotatable bonds is 4. The first-order valence-electron chi connectivity index (χ1n) is 10.8. The maximum Gasteiger partial charge on any atom is 0.267 e. The molecule has 1 aromatic carbocycles. The predicted molar refractivity (Wildman–Crippen MR) is 134 cm³/mol. The highest BCUT2D eigenvalue weighted by Gasteiger charge is 2.33. The molecule has 0 bridgehead atoms. The lowest BCUT2D eigenvalue weighted by Crippen LogP contribution is -2.38. The van der Waals surface area contributed by atoms with Crippen LogP contribution in [0, 0.1) is 12.7 Å². The van der Waals surface area contributed by atoms with Crippen LogP contribution in [0.15, 0.2) is 52.3 Å². The Kier molecular flexibility index (Phi) is 6.20. The molecule has 2 fully saturated rings. The van der Waals surface area contributed by atoms with Gasteiger partial charge in [0, 0.05) is 19.3 Å². The molecule has 174 valence electrons. The zero-order valence-corrected chi connectivity index (χ0v) is 20.0. The molecule has 10 heteroatoms. The van der Waals surface area contributed by atoms with Crippen molar-refractivity contribution in [1.82, 2.24) is 14.3 Å². The molecule has 3 aromatic rings. The van der Waals surface area contributed by atoms with E-state index in [4.69, 9.17) is 21.9 Å². The Balaban J connectivity index is 1.56. The Bertz CT molecular complexity index is 1380.